The summed E-state index contributed by atoms with van der Waals surface area (Å²) >= 11 is 1.76. The van der Waals surface area contributed by atoms with E-state index in [2.05, 4.69) is 65.7 Å². The Balaban J connectivity index is 1.79. The van der Waals surface area contributed by atoms with Crippen molar-refractivity contribution in [3.63, 3.8) is 0 Å². The van der Waals surface area contributed by atoms with Crippen molar-refractivity contribution in [3.05, 3.63) is 52.9 Å². The van der Waals surface area contributed by atoms with Crippen molar-refractivity contribution in [2.24, 2.45) is 0 Å². The molecule has 0 radical (unpaired) electrons. The van der Waals surface area contributed by atoms with Crippen LogP contribution in [0.4, 0.5) is 0 Å². The van der Waals surface area contributed by atoms with E-state index in [1.54, 1.807) is 11.3 Å². The predicted molar refractivity (Wildman–Crippen MR) is 85.7 cm³/mol. The summed E-state index contributed by atoms with van der Waals surface area (Å²) in [4.78, 5) is 0. The van der Waals surface area contributed by atoms with E-state index >= 15 is 0 Å². The fourth-order valence-corrected chi connectivity index (χ4v) is 3.11. The van der Waals surface area contributed by atoms with Gasteiger partial charge in [0.25, 0.3) is 0 Å². The first-order valence-electron chi connectivity index (χ1n) is 6.99. The zero-order chi connectivity index (χ0) is 13.9. The Morgan fingerprint density at radius 2 is 2.10 bits per heavy atom. The summed E-state index contributed by atoms with van der Waals surface area (Å²) in [5.74, 6) is 0.947. The van der Waals surface area contributed by atoms with Gasteiger partial charge in [0.15, 0.2) is 0 Å². The van der Waals surface area contributed by atoms with E-state index < -0.39 is 0 Å². The molecule has 2 aromatic heterocycles. The second-order valence-electron chi connectivity index (χ2n) is 5.28. The molecule has 3 heteroatoms. The van der Waals surface area contributed by atoms with Gasteiger partial charge in [-0.3, -0.25) is 0 Å². The molecule has 3 aromatic rings. The van der Waals surface area contributed by atoms with Crippen LogP contribution in [-0.2, 0) is 13.0 Å². The molecule has 1 aromatic carbocycles. The molecule has 0 bridgehead atoms. The molecule has 0 N–H and O–H groups in total. The minimum absolute atomic E-state index is 0.216. The highest BCUT2D eigenvalue weighted by molar-refractivity contribution is 7.07. The van der Waals surface area contributed by atoms with Crippen LogP contribution < -0.4 is 4.74 Å². The van der Waals surface area contributed by atoms with Gasteiger partial charge in [-0.25, -0.2) is 0 Å². The number of aryl methyl sites for hydroxylation is 2. The molecule has 2 nitrogen and oxygen atoms in total. The van der Waals surface area contributed by atoms with E-state index in [1.807, 2.05) is 0 Å². The average Bonchev–Trinajstić information content (AvgIpc) is 3.04. The molecule has 0 unspecified atom stereocenters. The Labute approximate surface area is 123 Å². The van der Waals surface area contributed by atoms with Crippen LogP contribution in [0.3, 0.4) is 0 Å². The fraction of sp³-hybridized carbons (Fsp3) is 0.294. The van der Waals surface area contributed by atoms with E-state index in [0.29, 0.717) is 0 Å². The third-order valence-electron chi connectivity index (χ3n) is 3.34. The van der Waals surface area contributed by atoms with Crippen LogP contribution >= 0.6 is 11.3 Å². The molecule has 0 saturated heterocycles. The third-order valence-corrected chi connectivity index (χ3v) is 4.07. The van der Waals surface area contributed by atoms with Crippen molar-refractivity contribution in [2.75, 3.05) is 0 Å². The van der Waals surface area contributed by atoms with Crippen LogP contribution in [0.25, 0.3) is 10.9 Å². The molecule has 20 heavy (non-hydrogen) atoms. The maximum Gasteiger partial charge on any atom is 0.120 e. The number of fused-ring (bicyclic) bond motifs is 1. The number of rotatable bonds is 5. The normalized spacial score (nSPS) is 11.3. The topological polar surface area (TPSA) is 14.2 Å². The fourth-order valence-electron chi connectivity index (χ4n) is 2.40. The van der Waals surface area contributed by atoms with Crippen molar-refractivity contribution in [2.45, 2.75) is 32.9 Å². The molecule has 0 aliphatic heterocycles. The Bertz CT molecular complexity index is 682. The molecule has 0 spiro atoms. The van der Waals surface area contributed by atoms with E-state index in [1.165, 1.54) is 16.5 Å². The van der Waals surface area contributed by atoms with Gasteiger partial charge in [0.2, 0.25) is 0 Å². The number of nitrogens with zero attached hydrogens (tertiary/aromatic N) is 1. The number of benzene rings is 1. The smallest absolute Gasteiger partial charge is 0.120 e. The van der Waals surface area contributed by atoms with Gasteiger partial charge in [-0.05, 0) is 66.9 Å². The van der Waals surface area contributed by atoms with Crippen LogP contribution in [-0.4, -0.2) is 10.7 Å². The van der Waals surface area contributed by atoms with Crippen molar-refractivity contribution in [1.29, 1.82) is 0 Å². The largest absolute Gasteiger partial charge is 0.491 e. The maximum absolute atomic E-state index is 5.74. The first-order chi connectivity index (χ1) is 9.72. The number of hydrogen-bond donors (Lipinski definition) is 0. The first-order valence-corrected chi connectivity index (χ1v) is 7.93. The summed E-state index contributed by atoms with van der Waals surface area (Å²) < 4.78 is 8.05. The predicted octanol–water partition coefficient (Wildman–Crippen LogP) is 4.73. The van der Waals surface area contributed by atoms with Crippen LogP contribution in [0.5, 0.6) is 5.75 Å². The average molecular weight is 285 g/mol. The molecule has 0 aliphatic rings. The molecule has 0 atom stereocenters. The summed E-state index contributed by atoms with van der Waals surface area (Å²) in [6.07, 6.45) is 3.46. The number of hydrogen-bond acceptors (Lipinski definition) is 2. The van der Waals surface area contributed by atoms with Crippen LogP contribution in [0, 0.1) is 0 Å². The monoisotopic (exact) mass is 285 g/mol. The molecule has 3 rings (SSSR count). The van der Waals surface area contributed by atoms with Gasteiger partial charge in [-0.15, -0.1) is 0 Å². The minimum Gasteiger partial charge on any atom is -0.491 e. The first kappa shape index (κ1) is 13.3. The van der Waals surface area contributed by atoms with Crippen LogP contribution in [0.2, 0.25) is 0 Å². The summed E-state index contributed by atoms with van der Waals surface area (Å²) in [5.41, 5.74) is 2.69. The zero-order valence-electron chi connectivity index (χ0n) is 11.9. The SMILES string of the molecule is CC(C)Oc1ccc2c(ccn2CCc2ccsc2)c1. The molecule has 0 saturated carbocycles. The highest BCUT2D eigenvalue weighted by Gasteiger charge is 2.04. The number of thiophene rings is 1. The Morgan fingerprint density at radius 1 is 1.20 bits per heavy atom. The Hall–Kier alpha value is -1.74. The summed E-state index contributed by atoms with van der Waals surface area (Å²) in [6, 6.07) is 10.7. The van der Waals surface area contributed by atoms with Gasteiger partial charge in [0, 0.05) is 23.6 Å². The van der Waals surface area contributed by atoms with Crippen molar-refractivity contribution < 1.29 is 4.74 Å². The lowest BCUT2D eigenvalue weighted by Gasteiger charge is -2.10. The molecule has 0 fully saturated rings. The number of aromatic nitrogens is 1. The van der Waals surface area contributed by atoms with Crippen LogP contribution in [0.15, 0.2) is 47.3 Å². The van der Waals surface area contributed by atoms with Gasteiger partial charge < -0.3 is 9.30 Å². The van der Waals surface area contributed by atoms with Gasteiger partial charge in [-0.2, -0.15) is 11.3 Å². The lowest BCUT2D eigenvalue weighted by Crippen LogP contribution is -2.05. The highest BCUT2D eigenvalue weighted by Crippen LogP contribution is 2.23. The van der Waals surface area contributed by atoms with E-state index in [9.17, 15) is 0 Å². The van der Waals surface area contributed by atoms with E-state index in [-0.39, 0.29) is 6.10 Å². The van der Waals surface area contributed by atoms with Gasteiger partial charge in [0.05, 0.1) is 6.10 Å². The van der Waals surface area contributed by atoms with Gasteiger partial charge >= 0.3 is 0 Å². The molecule has 0 aliphatic carbocycles. The molecule has 104 valence electrons. The van der Waals surface area contributed by atoms with Crippen LogP contribution in [0.1, 0.15) is 19.4 Å². The molecule has 0 amide bonds. The quantitative estimate of drug-likeness (QED) is 0.661. The van der Waals surface area contributed by atoms with E-state index in [0.717, 1.165) is 18.7 Å². The van der Waals surface area contributed by atoms with E-state index in [4.69, 9.17) is 4.74 Å². The Morgan fingerprint density at radius 3 is 2.85 bits per heavy atom. The Kier molecular flexibility index (Phi) is 3.79. The third kappa shape index (κ3) is 2.88. The second-order valence-corrected chi connectivity index (χ2v) is 6.06. The van der Waals surface area contributed by atoms with Crippen molar-refractivity contribution >= 4 is 22.2 Å². The number of ether oxygens (including phenoxy) is 1. The second kappa shape index (κ2) is 5.71. The molecular formula is C17H19NOS. The summed E-state index contributed by atoms with van der Waals surface area (Å²) in [6.45, 7) is 5.12. The molecule has 2 heterocycles. The van der Waals surface area contributed by atoms with Crippen molar-refractivity contribution in [3.8, 4) is 5.75 Å². The minimum atomic E-state index is 0.216. The maximum atomic E-state index is 5.74. The van der Waals surface area contributed by atoms with Gasteiger partial charge in [0.1, 0.15) is 5.75 Å². The zero-order valence-corrected chi connectivity index (χ0v) is 12.7. The molecular weight excluding hydrogens is 266 g/mol. The summed E-state index contributed by atoms with van der Waals surface area (Å²) in [5, 5.41) is 5.60. The van der Waals surface area contributed by atoms with Gasteiger partial charge in [-0.1, -0.05) is 0 Å². The lowest BCUT2D eigenvalue weighted by molar-refractivity contribution is 0.243. The lowest BCUT2D eigenvalue weighted by atomic mass is 10.2. The standard InChI is InChI=1S/C17H19NOS/c1-13(2)19-16-3-4-17-15(11-16)6-9-18(17)8-5-14-7-10-20-12-14/h3-4,6-7,9-13H,5,8H2,1-2H3. The van der Waals surface area contributed by atoms with Crippen molar-refractivity contribution in [1.82, 2.24) is 4.57 Å². The summed E-state index contributed by atoms with van der Waals surface area (Å²) in [7, 11) is 0. The highest BCUT2D eigenvalue weighted by atomic mass is 32.1.